The quantitative estimate of drug-likeness (QED) is 0.314. The minimum absolute atomic E-state index is 0. The van der Waals surface area contributed by atoms with Crippen molar-refractivity contribution in [3.8, 4) is 5.75 Å². The molecule has 2 aromatic carbocycles. The van der Waals surface area contributed by atoms with Crippen LogP contribution < -0.4 is 20.3 Å². The molecule has 0 spiro atoms. The Labute approximate surface area is 208 Å². The van der Waals surface area contributed by atoms with E-state index in [1.807, 2.05) is 36.4 Å². The first kappa shape index (κ1) is 25.8. The molecule has 0 bridgehead atoms. The molecule has 2 atom stereocenters. The summed E-state index contributed by atoms with van der Waals surface area (Å²) in [5, 5.41) is 6.99. The summed E-state index contributed by atoms with van der Waals surface area (Å²) in [6, 6.07) is 18.6. The molecule has 1 fully saturated rings. The van der Waals surface area contributed by atoms with Crippen molar-refractivity contribution in [2.45, 2.75) is 25.4 Å². The topological polar surface area (TPSA) is 69.2 Å². The lowest BCUT2D eigenvalue weighted by Crippen LogP contribution is -2.46. The number of guanidine groups is 1. The maximum Gasteiger partial charge on any atom is 0.243 e. The molecule has 7 nitrogen and oxygen atoms in total. The Bertz CT molecular complexity index is 891. The lowest BCUT2D eigenvalue weighted by Gasteiger charge is -2.24. The molecule has 2 N–H and O–H groups in total. The largest absolute Gasteiger partial charge is 0.495 e. The van der Waals surface area contributed by atoms with Crippen molar-refractivity contribution in [3.05, 3.63) is 60.2 Å². The molecule has 2 aromatic rings. The van der Waals surface area contributed by atoms with Crippen LogP contribution in [-0.4, -0.2) is 63.6 Å². The molecular weight excluding hydrogens is 517 g/mol. The molecule has 0 aliphatic carbocycles. The van der Waals surface area contributed by atoms with Crippen molar-refractivity contribution < 1.29 is 9.53 Å². The van der Waals surface area contributed by atoms with Crippen molar-refractivity contribution in [1.29, 1.82) is 0 Å². The minimum Gasteiger partial charge on any atom is -0.495 e. The van der Waals surface area contributed by atoms with E-state index in [-0.39, 0.29) is 48.5 Å². The Morgan fingerprint density at radius 3 is 2.56 bits per heavy atom. The Morgan fingerprint density at radius 2 is 1.88 bits per heavy atom. The van der Waals surface area contributed by atoms with Crippen molar-refractivity contribution in [1.82, 2.24) is 15.5 Å². The number of rotatable bonds is 7. The first-order valence-corrected chi connectivity index (χ1v) is 10.7. The van der Waals surface area contributed by atoms with Crippen LogP contribution in [0.4, 0.5) is 5.69 Å². The highest BCUT2D eigenvalue weighted by molar-refractivity contribution is 14.0. The second kappa shape index (κ2) is 12.5. The molecule has 8 heteroatoms. The van der Waals surface area contributed by atoms with Crippen LogP contribution in [0.3, 0.4) is 0 Å². The number of ether oxygens (including phenoxy) is 1. The average Bonchev–Trinajstić information content (AvgIpc) is 3.25. The van der Waals surface area contributed by atoms with Gasteiger partial charge in [0.05, 0.1) is 18.8 Å². The Morgan fingerprint density at radius 1 is 1.19 bits per heavy atom. The van der Waals surface area contributed by atoms with E-state index in [9.17, 15) is 4.79 Å². The van der Waals surface area contributed by atoms with Gasteiger partial charge < -0.3 is 25.2 Å². The van der Waals surface area contributed by atoms with Gasteiger partial charge in [-0.3, -0.25) is 4.79 Å². The molecule has 1 heterocycles. The number of halogens is 1. The lowest BCUT2D eigenvalue weighted by molar-refractivity contribution is -0.127. The van der Waals surface area contributed by atoms with Gasteiger partial charge in [-0.1, -0.05) is 42.5 Å². The number of anilines is 1. The van der Waals surface area contributed by atoms with Gasteiger partial charge in [-0.15, -0.1) is 24.0 Å². The number of nitrogens with one attached hydrogen (secondary N) is 2. The highest BCUT2D eigenvalue weighted by atomic mass is 127. The summed E-state index contributed by atoms with van der Waals surface area (Å²) in [5.74, 6) is 1.50. The van der Waals surface area contributed by atoms with Crippen molar-refractivity contribution in [2.75, 3.05) is 45.7 Å². The van der Waals surface area contributed by atoms with Crippen molar-refractivity contribution >= 4 is 41.5 Å². The number of benzene rings is 2. The monoisotopic (exact) mass is 551 g/mol. The number of carbonyl (C=O) groups excluding carboxylic acids is 1. The third-order valence-corrected chi connectivity index (χ3v) is 5.48. The van der Waals surface area contributed by atoms with Gasteiger partial charge in [-0.05, 0) is 31.0 Å². The van der Waals surface area contributed by atoms with Gasteiger partial charge in [0, 0.05) is 33.2 Å². The first-order chi connectivity index (χ1) is 15.0. The van der Waals surface area contributed by atoms with E-state index in [2.05, 4.69) is 45.6 Å². The van der Waals surface area contributed by atoms with Crippen LogP contribution in [-0.2, 0) is 4.79 Å². The van der Waals surface area contributed by atoms with E-state index >= 15 is 0 Å². The van der Waals surface area contributed by atoms with E-state index in [1.54, 1.807) is 26.1 Å². The molecule has 1 amide bonds. The zero-order valence-electron chi connectivity index (χ0n) is 19.2. The SMILES string of the molecule is COc1ccccc1N1CCC(NC(=NCC(=O)N(C)C)NC(C)c2ccccc2)C1.I. The molecule has 0 radical (unpaired) electrons. The number of hydrogen-bond donors (Lipinski definition) is 2. The number of carbonyl (C=O) groups is 1. The predicted molar refractivity (Wildman–Crippen MR) is 141 cm³/mol. The molecule has 174 valence electrons. The Balaban J connectivity index is 0.00000363. The minimum atomic E-state index is -0.0319. The van der Waals surface area contributed by atoms with Crippen LogP contribution in [0.5, 0.6) is 5.75 Å². The van der Waals surface area contributed by atoms with E-state index in [4.69, 9.17) is 4.74 Å². The smallest absolute Gasteiger partial charge is 0.243 e. The number of amides is 1. The van der Waals surface area contributed by atoms with E-state index in [1.165, 1.54) is 0 Å². The normalized spacial score (nSPS) is 16.7. The molecule has 1 saturated heterocycles. The van der Waals surface area contributed by atoms with Gasteiger partial charge in [-0.2, -0.15) is 0 Å². The number of methoxy groups -OCH3 is 1. The van der Waals surface area contributed by atoms with Crippen molar-refractivity contribution in [2.24, 2.45) is 4.99 Å². The maximum absolute atomic E-state index is 12.1. The summed E-state index contributed by atoms with van der Waals surface area (Å²) in [7, 11) is 5.19. The number of nitrogens with zero attached hydrogens (tertiary/aromatic N) is 3. The lowest BCUT2D eigenvalue weighted by atomic mass is 10.1. The predicted octanol–water partition coefficient (Wildman–Crippen LogP) is 3.28. The zero-order chi connectivity index (χ0) is 22.2. The number of para-hydroxylation sites is 2. The van der Waals surface area contributed by atoms with Crippen LogP contribution in [0, 0.1) is 0 Å². The fraction of sp³-hybridized carbons (Fsp3) is 0.417. The van der Waals surface area contributed by atoms with Crippen LogP contribution in [0.25, 0.3) is 0 Å². The van der Waals surface area contributed by atoms with E-state index in [0.717, 1.165) is 36.5 Å². The fourth-order valence-electron chi connectivity index (χ4n) is 3.63. The van der Waals surface area contributed by atoms with Gasteiger partial charge >= 0.3 is 0 Å². The van der Waals surface area contributed by atoms with Gasteiger partial charge in [0.2, 0.25) is 5.91 Å². The Hall–Kier alpha value is -2.49. The average molecular weight is 551 g/mol. The Kier molecular flexibility index (Phi) is 10.1. The molecule has 2 unspecified atom stereocenters. The number of hydrogen-bond acceptors (Lipinski definition) is 4. The van der Waals surface area contributed by atoms with Gasteiger partial charge in [-0.25, -0.2) is 4.99 Å². The molecule has 1 aliphatic heterocycles. The third kappa shape index (κ3) is 7.01. The highest BCUT2D eigenvalue weighted by Gasteiger charge is 2.25. The van der Waals surface area contributed by atoms with Crippen LogP contribution in [0.15, 0.2) is 59.6 Å². The molecule has 1 aliphatic rings. The van der Waals surface area contributed by atoms with Gasteiger partial charge in [0.25, 0.3) is 0 Å². The zero-order valence-corrected chi connectivity index (χ0v) is 21.6. The third-order valence-electron chi connectivity index (χ3n) is 5.48. The molecule has 32 heavy (non-hydrogen) atoms. The molecule has 3 rings (SSSR count). The van der Waals surface area contributed by atoms with Crippen molar-refractivity contribution in [3.63, 3.8) is 0 Å². The summed E-state index contributed by atoms with van der Waals surface area (Å²) < 4.78 is 5.52. The first-order valence-electron chi connectivity index (χ1n) is 10.7. The highest BCUT2D eigenvalue weighted by Crippen LogP contribution is 2.30. The summed E-state index contributed by atoms with van der Waals surface area (Å²) in [6.45, 7) is 3.96. The van der Waals surface area contributed by atoms with E-state index < -0.39 is 0 Å². The summed E-state index contributed by atoms with van der Waals surface area (Å²) in [5.41, 5.74) is 2.26. The van der Waals surface area contributed by atoms with E-state index in [0.29, 0.717) is 5.96 Å². The molecular formula is C24H34IN5O2. The second-order valence-corrected chi connectivity index (χ2v) is 7.98. The van der Waals surface area contributed by atoms with Crippen LogP contribution in [0.2, 0.25) is 0 Å². The molecule has 0 saturated carbocycles. The van der Waals surface area contributed by atoms with Gasteiger partial charge in [0.1, 0.15) is 12.3 Å². The second-order valence-electron chi connectivity index (χ2n) is 7.98. The van der Waals surface area contributed by atoms with Crippen LogP contribution >= 0.6 is 24.0 Å². The summed E-state index contributed by atoms with van der Waals surface area (Å²) in [6.07, 6.45) is 0.972. The van der Waals surface area contributed by atoms with Crippen LogP contribution in [0.1, 0.15) is 24.9 Å². The summed E-state index contributed by atoms with van der Waals surface area (Å²) in [4.78, 5) is 20.5. The molecule has 0 aromatic heterocycles. The fourth-order valence-corrected chi connectivity index (χ4v) is 3.63. The standard InChI is InChI=1S/C24H33N5O2.HI/c1-18(19-10-6-5-7-11-19)26-24(25-16-23(30)28(2)3)27-20-14-15-29(17-20)21-12-8-9-13-22(21)31-4;/h5-13,18,20H,14-17H2,1-4H3,(H2,25,26,27);1H. The number of likely N-dealkylation sites (N-methyl/N-ethyl adjacent to an activating group) is 1. The summed E-state index contributed by atoms with van der Waals surface area (Å²) >= 11 is 0. The number of aliphatic imine (C=N–C) groups is 1. The maximum atomic E-state index is 12.1. The van der Waals surface area contributed by atoms with Gasteiger partial charge in [0.15, 0.2) is 5.96 Å².